The van der Waals surface area contributed by atoms with Gasteiger partial charge in [0.25, 0.3) is 0 Å². The third-order valence-electron chi connectivity index (χ3n) is 1.61. The molecule has 0 atom stereocenters. The Morgan fingerprint density at radius 2 is 2.14 bits per heavy atom. The Morgan fingerprint density at radius 3 is 2.50 bits per heavy atom. The van der Waals surface area contributed by atoms with Gasteiger partial charge in [0.15, 0.2) is 5.78 Å². The van der Waals surface area contributed by atoms with Crippen LogP contribution < -0.4 is 0 Å². The largest absolute Gasteiger partial charge is 0.317 e. The number of ketones is 1. The molecule has 0 aliphatic heterocycles. The Morgan fingerprint density at radius 1 is 1.57 bits per heavy atom. The maximum Gasteiger partial charge on any atom is 0.317 e. The zero-order valence-electron chi connectivity index (χ0n) is 7.08. The number of Topliss-reactive ketones (excluding diaryl/α,β-unsaturated/α-hetero) is 1. The normalized spacial score (nSPS) is 9.93. The molecule has 0 aliphatic rings. The lowest BCUT2D eigenvalue weighted by Gasteiger charge is -2.01. The molecule has 0 N–H and O–H groups in total. The van der Waals surface area contributed by atoms with E-state index >= 15 is 0 Å². The van der Waals surface area contributed by atoms with Crippen LogP contribution in [0, 0.1) is 15.9 Å². The molecule has 4 nitrogen and oxygen atoms in total. The first kappa shape index (κ1) is 10.6. The second-order valence-electron chi connectivity index (χ2n) is 2.57. The van der Waals surface area contributed by atoms with Crippen LogP contribution in [0.2, 0.25) is 5.02 Å². The number of hydrogen-bond acceptors (Lipinski definition) is 3. The van der Waals surface area contributed by atoms with Crippen LogP contribution in [-0.2, 0) is 0 Å². The molecule has 0 saturated carbocycles. The Kier molecular flexibility index (Phi) is 2.81. The van der Waals surface area contributed by atoms with Crippen LogP contribution >= 0.6 is 11.6 Å². The molecule has 0 bridgehead atoms. The van der Waals surface area contributed by atoms with Gasteiger partial charge < -0.3 is 0 Å². The lowest BCUT2D eigenvalue weighted by molar-refractivity contribution is -0.387. The lowest BCUT2D eigenvalue weighted by Crippen LogP contribution is -2.03. The highest BCUT2D eigenvalue weighted by atomic mass is 35.5. The third kappa shape index (κ3) is 1.72. The smallest absolute Gasteiger partial charge is 0.294 e. The predicted molar refractivity (Wildman–Crippen MR) is 48.1 cm³/mol. The van der Waals surface area contributed by atoms with Crippen molar-refractivity contribution in [1.82, 2.24) is 0 Å². The van der Waals surface area contributed by atoms with Gasteiger partial charge in [-0.1, -0.05) is 11.6 Å². The zero-order valence-corrected chi connectivity index (χ0v) is 7.84. The standard InChI is InChI=1S/C8H5ClFNO3/c1-4(12)7-5(9)2-3-6(10)8(7)11(13)14/h2-3H,1H3. The van der Waals surface area contributed by atoms with Gasteiger partial charge in [0, 0.05) is 0 Å². The molecule has 0 unspecified atom stereocenters. The van der Waals surface area contributed by atoms with E-state index in [2.05, 4.69) is 0 Å². The molecule has 0 fully saturated rings. The third-order valence-corrected chi connectivity index (χ3v) is 1.93. The highest BCUT2D eigenvalue weighted by molar-refractivity contribution is 6.34. The number of rotatable bonds is 2. The van der Waals surface area contributed by atoms with Crippen molar-refractivity contribution >= 4 is 23.1 Å². The highest BCUT2D eigenvalue weighted by Crippen LogP contribution is 2.29. The van der Waals surface area contributed by atoms with Gasteiger partial charge in [-0.25, -0.2) is 0 Å². The fourth-order valence-corrected chi connectivity index (χ4v) is 1.34. The molecular weight excluding hydrogens is 213 g/mol. The fraction of sp³-hybridized carbons (Fsp3) is 0.125. The maximum absolute atomic E-state index is 13.0. The van der Waals surface area contributed by atoms with Gasteiger partial charge in [-0.2, -0.15) is 4.39 Å². The number of nitro benzene ring substituents is 1. The number of carbonyl (C=O) groups excluding carboxylic acids is 1. The summed E-state index contributed by atoms with van der Waals surface area (Å²) < 4.78 is 13.0. The van der Waals surface area contributed by atoms with E-state index < -0.39 is 27.8 Å². The minimum absolute atomic E-state index is 0.120. The lowest BCUT2D eigenvalue weighted by atomic mass is 10.1. The van der Waals surface area contributed by atoms with Crippen molar-refractivity contribution in [2.75, 3.05) is 0 Å². The van der Waals surface area contributed by atoms with Crippen molar-refractivity contribution in [2.45, 2.75) is 6.92 Å². The van der Waals surface area contributed by atoms with Gasteiger partial charge in [0.2, 0.25) is 5.82 Å². The first-order chi connectivity index (χ1) is 6.45. The van der Waals surface area contributed by atoms with Gasteiger partial charge in [-0.15, -0.1) is 0 Å². The molecule has 0 saturated heterocycles. The van der Waals surface area contributed by atoms with Crippen LogP contribution in [-0.4, -0.2) is 10.7 Å². The fourth-order valence-electron chi connectivity index (χ4n) is 1.05. The van der Waals surface area contributed by atoms with Crippen LogP contribution in [0.3, 0.4) is 0 Å². The summed E-state index contributed by atoms with van der Waals surface area (Å²) in [6, 6.07) is 1.97. The van der Waals surface area contributed by atoms with Crippen molar-refractivity contribution in [3.63, 3.8) is 0 Å². The number of nitro groups is 1. The summed E-state index contributed by atoms with van der Waals surface area (Å²) in [5, 5.41) is 10.3. The van der Waals surface area contributed by atoms with Gasteiger partial charge in [0.05, 0.1) is 9.95 Å². The summed E-state index contributed by atoms with van der Waals surface area (Å²) in [7, 11) is 0. The summed E-state index contributed by atoms with van der Waals surface area (Å²) in [5.74, 6) is -1.70. The Bertz CT molecular complexity index is 380. The molecule has 1 aromatic rings. The average molecular weight is 218 g/mol. The summed E-state index contributed by atoms with van der Waals surface area (Å²) in [6.07, 6.45) is 0. The number of benzene rings is 1. The molecule has 6 heteroatoms. The number of carbonyl (C=O) groups is 1. The monoisotopic (exact) mass is 217 g/mol. The van der Waals surface area contributed by atoms with E-state index in [0.717, 1.165) is 19.1 Å². The molecule has 14 heavy (non-hydrogen) atoms. The van der Waals surface area contributed by atoms with E-state index in [4.69, 9.17) is 11.6 Å². The predicted octanol–water partition coefficient (Wildman–Crippen LogP) is 2.59. The van der Waals surface area contributed by atoms with E-state index in [1.165, 1.54) is 0 Å². The van der Waals surface area contributed by atoms with Crippen molar-refractivity contribution in [3.05, 3.63) is 38.7 Å². The van der Waals surface area contributed by atoms with Crippen molar-refractivity contribution in [3.8, 4) is 0 Å². The van der Waals surface area contributed by atoms with E-state index in [1.807, 2.05) is 0 Å². The van der Waals surface area contributed by atoms with Crippen LogP contribution in [0.25, 0.3) is 0 Å². The molecule has 0 heterocycles. The molecule has 0 aliphatic carbocycles. The Hall–Kier alpha value is -1.49. The molecule has 1 aromatic carbocycles. The summed E-state index contributed by atoms with van der Waals surface area (Å²) >= 11 is 5.55. The number of nitrogens with zero attached hydrogens (tertiary/aromatic N) is 1. The molecule has 0 radical (unpaired) electrons. The second-order valence-corrected chi connectivity index (χ2v) is 2.97. The van der Waals surface area contributed by atoms with E-state index in [-0.39, 0.29) is 5.02 Å². The molecule has 0 aromatic heterocycles. The van der Waals surface area contributed by atoms with Crippen molar-refractivity contribution in [1.29, 1.82) is 0 Å². The van der Waals surface area contributed by atoms with Crippen LogP contribution in [0.4, 0.5) is 10.1 Å². The second kappa shape index (κ2) is 3.71. The highest BCUT2D eigenvalue weighted by Gasteiger charge is 2.25. The SMILES string of the molecule is CC(=O)c1c(Cl)ccc(F)c1[N+](=O)[O-]. The summed E-state index contributed by atoms with van der Waals surface area (Å²) in [4.78, 5) is 20.5. The minimum atomic E-state index is -1.07. The van der Waals surface area contributed by atoms with Gasteiger partial charge >= 0.3 is 5.69 Å². The van der Waals surface area contributed by atoms with E-state index in [0.29, 0.717) is 0 Å². The molecular formula is C8H5ClFNO3. The quantitative estimate of drug-likeness (QED) is 0.435. The van der Waals surface area contributed by atoms with Gasteiger partial charge in [-0.3, -0.25) is 14.9 Å². The topological polar surface area (TPSA) is 60.2 Å². The number of hydrogen-bond donors (Lipinski definition) is 0. The molecule has 1 rings (SSSR count). The molecule has 0 amide bonds. The van der Waals surface area contributed by atoms with Crippen LogP contribution in [0.1, 0.15) is 17.3 Å². The Labute approximate surface area is 83.4 Å². The van der Waals surface area contributed by atoms with Gasteiger partial charge in [0.1, 0.15) is 5.56 Å². The first-order valence-corrected chi connectivity index (χ1v) is 3.96. The molecule has 0 spiro atoms. The summed E-state index contributed by atoms with van der Waals surface area (Å²) in [6.45, 7) is 1.09. The average Bonchev–Trinajstić information content (AvgIpc) is 2.07. The van der Waals surface area contributed by atoms with Crippen LogP contribution in [0.5, 0.6) is 0 Å². The summed E-state index contributed by atoms with van der Waals surface area (Å²) in [5.41, 5.74) is -1.26. The minimum Gasteiger partial charge on any atom is -0.294 e. The maximum atomic E-state index is 13.0. The van der Waals surface area contributed by atoms with Gasteiger partial charge in [-0.05, 0) is 19.1 Å². The zero-order chi connectivity index (χ0) is 10.9. The first-order valence-electron chi connectivity index (χ1n) is 3.58. The molecule has 74 valence electrons. The van der Waals surface area contributed by atoms with Crippen LogP contribution in [0.15, 0.2) is 12.1 Å². The van der Waals surface area contributed by atoms with Crippen molar-refractivity contribution in [2.24, 2.45) is 0 Å². The Balaban J connectivity index is 3.58. The van der Waals surface area contributed by atoms with E-state index in [1.54, 1.807) is 0 Å². The van der Waals surface area contributed by atoms with E-state index in [9.17, 15) is 19.3 Å². The van der Waals surface area contributed by atoms with Crippen molar-refractivity contribution < 1.29 is 14.1 Å². The number of halogens is 2.